The van der Waals surface area contributed by atoms with Crippen molar-refractivity contribution in [1.82, 2.24) is 14.9 Å². The molecule has 0 atom stereocenters. The van der Waals surface area contributed by atoms with Crippen LogP contribution >= 0.6 is 15.9 Å². The Morgan fingerprint density at radius 3 is 2.75 bits per heavy atom. The number of aromatic nitrogens is 2. The van der Waals surface area contributed by atoms with Crippen LogP contribution in [0.5, 0.6) is 11.5 Å². The van der Waals surface area contributed by atoms with Crippen LogP contribution in [0.3, 0.4) is 0 Å². The van der Waals surface area contributed by atoms with Gasteiger partial charge in [0.1, 0.15) is 12.1 Å². The van der Waals surface area contributed by atoms with Crippen LogP contribution in [0, 0.1) is 5.92 Å². The van der Waals surface area contributed by atoms with E-state index in [2.05, 4.69) is 36.1 Å². The van der Waals surface area contributed by atoms with Gasteiger partial charge in [-0.2, -0.15) is 0 Å². The lowest BCUT2D eigenvalue weighted by Gasteiger charge is -2.31. The Hall–Kier alpha value is -2.91. The smallest absolute Gasteiger partial charge is 0.320 e. The highest BCUT2D eigenvalue weighted by molar-refractivity contribution is 9.10. The summed E-state index contributed by atoms with van der Waals surface area (Å²) >= 11 is 3.50. The lowest BCUT2D eigenvalue weighted by molar-refractivity contribution is -0.144. The number of rotatable bonds is 11. The average molecular weight is 557 g/mol. The third kappa shape index (κ3) is 7.07. The van der Waals surface area contributed by atoms with Crippen LogP contribution in [0.4, 0.5) is 11.5 Å². The first-order valence-electron chi connectivity index (χ1n) is 12.4. The first-order chi connectivity index (χ1) is 17.6. The molecule has 1 N–H and O–H groups in total. The number of halogens is 1. The molecule has 0 spiro atoms. The van der Waals surface area contributed by atoms with Gasteiger partial charge in [0.15, 0.2) is 11.5 Å². The van der Waals surface area contributed by atoms with Gasteiger partial charge in [-0.3, -0.25) is 9.69 Å². The Morgan fingerprint density at radius 2 is 2.00 bits per heavy atom. The van der Waals surface area contributed by atoms with E-state index in [4.69, 9.17) is 14.2 Å². The summed E-state index contributed by atoms with van der Waals surface area (Å²) in [5.74, 6) is 2.57. The number of methoxy groups -OCH3 is 1. The van der Waals surface area contributed by atoms with Gasteiger partial charge in [-0.1, -0.05) is 22.0 Å². The number of hydrogen-bond acceptors (Lipinski definition) is 8. The summed E-state index contributed by atoms with van der Waals surface area (Å²) in [5.41, 5.74) is 1.71. The molecular formula is C27H33BrN4O4. The molecule has 0 unspecified atom stereocenters. The average Bonchev–Trinajstić information content (AvgIpc) is 2.87. The molecule has 1 aromatic heterocycles. The molecule has 0 amide bonds. The van der Waals surface area contributed by atoms with Crippen molar-refractivity contribution in [3.05, 3.63) is 47.2 Å². The maximum atomic E-state index is 11.7. The number of benzene rings is 2. The molecule has 2 heterocycles. The summed E-state index contributed by atoms with van der Waals surface area (Å²) in [6, 6.07) is 11.8. The highest BCUT2D eigenvalue weighted by Crippen LogP contribution is 2.35. The molecule has 1 saturated heterocycles. The number of ether oxygens (including phenoxy) is 3. The van der Waals surface area contributed by atoms with Crippen LogP contribution in [0.15, 0.2) is 47.2 Å². The number of likely N-dealkylation sites (tertiary alicyclic amines) is 1. The molecule has 36 heavy (non-hydrogen) atoms. The normalized spacial score (nSPS) is 14.5. The van der Waals surface area contributed by atoms with E-state index in [-0.39, 0.29) is 5.97 Å². The zero-order chi connectivity index (χ0) is 25.3. The summed E-state index contributed by atoms with van der Waals surface area (Å²) in [6.45, 7) is 5.17. The van der Waals surface area contributed by atoms with E-state index in [1.165, 1.54) is 0 Å². The second kappa shape index (κ2) is 12.9. The van der Waals surface area contributed by atoms with Crippen LogP contribution in [0.2, 0.25) is 0 Å². The van der Waals surface area contributed by atoms with E-state index in [9.17, 15) is 4.79 Å². The fraction of sp³-hybridized carbons (Fsp3) is 0.444. The summed E-state index contributed by atoms with van der Waals surface area (Å²) in [6.07, 6.45) is 5.81. The molecule has 0 saturated carbocycles. The van der Waals surface area contributed by atoms with Crippen molar-refractivity contribution in [3.63, 3.8) is 0 Å². The summed E-state index contributed by atoms with van der Waals surface area (Å²) < 4.78 is 17.8. The number of carbonyl (C=O) groups is 1. The van der Waals surface area contributed by atoms with E-state index in [0.717, 1.165) is 59.8 Å². The monoisotopic (exact) mass is 556 g/mol. The van der Waals surface area contributed by atoms with Crippen LogP contribution in [0.25, 0.3) is 10.9 Å². The van der Waals surface area contributed by atoms with Crippen molar-refractivity contribution in [2.75, 3.05) is 45.3 Å². The summed E-state index contributed by atoms with van der Waals surface area (Å²) in [4.78, 5) is 22.7. The molecule has 8 nitrogen and oxygen atoms in total. The third-order valence-electron chi connectivity index (χ3n) is 6.39. The van der Waals surface area contributed by atoms with Crippen LogP contribution in [0.1, 0.15) is 32.6 Å². The molecular weight excluding hydrogens is 524 g/mol. The number of piperidine rings is 1. The molecule has 1 fully saturated rings. The van der Waals surface area contributed by atoms with Gasteiger partial charge in [0.2, 0.25) is 0 Å². The van der Waals surface area contributed by atoms with Gasteiger partial charge in [-0.15, -0.1) is 0 Å². The number of esters is 1. The maximum Gasteiger partial charge on any atom is 0.320 e. The Bertz CT molecular complexity index is 1170. The van der Waals surface area contributed by atoms with Gasteiger partial charge in [0, 0.05) is 21.6 Å². The van der Waals surface area contributed by atoms with Gasteiger partial charge in [0.05, 0.1) is 32.4 Å². The minimum Gasteiger partial charge on any atom is -0.493 e. The number of nitrogens with one attached hydrogen (secondary N) is 1. The Labute approximate surface area is 220 Å². The lowest BCUT2D eigenvalue weighted by atomic mass is 9.92. The van der Waals surface area contributed by atoms with Gasteiger partial charge < -0.3 is 19.5 Å². The number of fused-ring (bicyclic) bond motifs is 1. The second-order valence-corrected chi connectivity index (χ2v) is 9.81. The SMILES string of the molecule is CCOC(=O)CN1CCC(CCCOc2cc3ncnc(Nc4cccc(Br)c4)c3cc2OC)CC1. The Balaban J connectivity index is 1.31. The van der Waals surface area contributed by atoms with Crippen molar-refractivity contribution in [2.24, 2.45) is 5.92 Å². The van der Waals surface area contributed by atoms with Crippen molar-refractivity contribution in [2.45, 2.75) is 32.6 Å². The standard InChI is InChI=1S/C27H33BrN4O4/c1-3-35-26(33)17-32-11-9-19(10-12-32)6-5-13-36-25-16-23-22(15-24(25)34-2)27(30-18-29-23)31-21-8-4-7-20(28)14-21/h4,7-8,14-16,18-19H,3,5-6,9-13,17H2,1-2H3,(H,29,30,31). The molecule has 4 rings (SSSR count). The van der Waals surface area contributed by atoms with Crippen molar-refractivity contribution >= 4 is 44.3 Å². The highest BCUT2D eigenvalue weighted by Gasteiger charge is 2.21. The number of nitrogens with zero attached hydrogens (tertiary/aromatic N) is 3. The van der Waals surface area contributed by atoms with Gasteiger partial charge in [0.25, 0.3) is 0 Å². The summed E-state index contributed by atoms with van der Waals surface area (Å²) in [7, 11) is 1.64. The van der Waals surface area contributed by atoms with Crippen LogP contribution in [-0.2, 0) is 9.53 Å². The van der Waals surface area contributed by atoms with E-state index >= 15 is 0 Å². The van der Waals surface area contributed by atoms with Crippen molar-refractivity contribution in [1.29, 1.82) is 0 Å². The fourth-order valence-corrected chi connectivity index (χ4v) is 4.91. The van der Waals surface area contributed by atoms with E-state index in [1.807, 2.05) is 43.3 Å². The minimum atomic E-state index is -0.130. The first-order valence-corrected chi connectivity index (χ1v) is 13.2. The number of anilines is 2. The molecule has 0 bridgehead atoms. The van der Waals surface area contributed by atoms with Gasteiger partial charge in [-0.05, 0) is 75.9 Å². The van der Waals surface area contributed by atoms with Crippen molar-refractivity contribution < 1.29 is 19.0 Å². The Morgan fingerprint density at radius 1 is 1.17 bits per heavy atom. The predicted octanol–water partition coefficient (Wildman–Crippen LogP) is 5.58. The zero-order valence-corrected chi connectivity index (χ0v) is 22.4. The Kier molecular flexibility index (Phi) is 9.35. The minimum absolute atomic E-state index is 0.130. The zero-order valence-electron chi connectivity index (χ0n) is 20.8. The maximum absolute atomic E-state index is 11.7. The van der Waals surface area contributed by atoms with Crippen LogP contribution < -0.4 is 14.8 Å². The first kappa shape index (κ1) is 26.2. The molecule has 192 valence electrons. The van der Waals surface area contributed by atoms with E-state index in [1.54, 1.807) is 13.4 Å². The highest BCUT2D eigenvalue weighted by atomic mass is 79.9. The predicted molar refractivity (Wildman–Crippen MR) is 144 cm³/mol. The third-order valence-corrected chi connectivity index (χ3v) is 6.88. The van der Waals surface area contributed by atoms with Gasteiger partial charge in [-0.25, -0.2) is 9.97 Å². The molecule has 3 aromatic rings. The van der Waals surface area contributed by atoms with E-state index in [0.29, 0.717) is 43.0 Å². The largest absolute Gasteiger partial charge is 0.493 e. The molecule has 1 aliphatic rings. The fourth-order valence-electron chi connectivity index (χ4n) is 4.52. The van der Waals surface area contributed by atoms with Crippen molar-refractivity contribution in [3.8, 4) is 11.5 Å². The summed E-state index contributed by atoms with van der Waals surface area (Å²) in [5, 5.41) is 4.22. The van der Waals surface area contributed by atoms with Crippen LogP contribution in [-0.4, -0.2) is 60.8 Å². The lowest BCUT2D eigenvalue weighted by Crippen LogP contribution is -2.38. The quantitative estimate of drug-likeness (QED) is 0.242. The van der Waals surface area contributed by atoms with Gasteiger partial charge >= 0.3 is 5.97 Å². The van der Waals surface area contributed by atoms with E-state index < -0.39 is 0 Å². The molecule has 9 heteroatoms. The second-order valence-electron chi connectivity index (χ2n) is 8.89. The number of hydrogen-bond donors (Lipinski definition) is 1. The molecule has 2 aromatic carbocycles. The topological polar surface area (TPSA) is 85.8 Å². The molecule has 0 aliphatic carbocycles. The number of carbonyl (C=O) groups excluding carboxylic acids is 1. The molecule has 1 aliphatic heterocycles. The molecule has 0 radical (unpaired) electrons.